The summed E-state index contributed by atoms with van der Waals surface area (Å²) in [7, 11) is 3.05. The molecule has 0 fully saturated rings. The first-order valence-corrected chi connectivity index (χ1v) is 10.8. The van der Waals surface area contributed by atoms with Gasteiger partial charge in [-0.1, -0.05) is 35.3 Å². The van der Waals surface area contributed by atoms with Crippen LogP contribution in [-0.4, -0.2) is 30.3 Å². The highest BCUT2D eigenvalue weighted by Gasteiger charge is 2.40. The standard InChI is InChI=1S/C22H18Cl2N2O4S.2ClH/c1-11-17(21(27)28)20(19-14(29-2)8-5-9-15(19)30-3)26-10-16(31-22(26)25-11)18-12(23)6-4-7-13(18)24;;/h4-10,20H,1-3H3,(H,27,28);2*1H/p-1. The van der Waals surface area contributed by atoms with Crippen molar-refractivity contribution in [2.24, 2.45) is 4.99 Å². The lowest BCUT2D eigenvalue weighted by molar-refractivity contribution is -0.300. The Morgan fingerprint density at radius 2 is 1.61 bits per heavy atom. The van der Waals surface area contributed by atoms with E-state index in [0.29, 0.717) is 43.5 Å². The molecule has 6 nitrogen and oxygen atoms in total. The first kappa shape index (κ1) is 27.2. The Morgan fingerprint density at radius 1 is 1.06 bits per heavy atom. The highest BCUT2D eigenvalue weighted by atomic mass is 35.5. The van der Waals surface area contributed by atoms with Crippen molar-refractivity contribution >= 4 is 75.8 Å². The minimum absolute atomic E-state index is 0. The third kappa shape index (κ3) is 4.79. The van der Waals surface area contributed by atoms with Gasteiger partial charge in [0.25, 0.3) is 0 Å². The van der Waals surface area contributed by atoms with Gasteiger partial charge in [0.2, 0.25) is 0 Å². The Hall–Kier alpha value is -2.03. The van der Waals surface area contributed by atoms with E-state index in [1.54, 1.807) is 54.4 Å². The van der Waals surface area contributed by atoms with E-state index in [9.17, 15) is 9.90 Å². The lowest BCUT2D eigenvalue weighted by Crippen LogP contribution is -2.38. The van der Waals surface area contributed by atoms with Crippen molar-refractivity contribution in [1.29, 1.82) is 0 Å². The molecule has 11 heteroatoms. The molecule has 0 spiro atoms. The molecular formula is C22H19Cl4N2O4S-. The van der Waals surface area contributed by atoms with Crippen LogP contribution < -0.4 is 14.6 Å². The number of methoxy groups -OCH3 is 2. The van der Waals surface area contributed by atoms with E-state index >= 15 is 0 Å². The molecule has 0 saturated heterocycles. The van der Waals surface area contributed by atoms with Crippen molar-refractivity contribution in [3.63, 3.8) is 0 Å². The first-order chi connectivity index (χ1) is 14.9. The molecule has 0 aliphatic carbocycles. The number of benzene rings is 2. The predicted octanol–water partition coefficient (Wildman–Crippen LogP) is 5.34. The third-order valence-electron chi connectivity index (χ3n) is 5.05. The van der Waals surface area contributed by atoms with Crippen molar-refractivity contribution in [3.05, 3.63) is 75.0 Å². The summed E-state index contributed by atoms with van der Waals surface area (Å²) in [6.07, 6.45) is 1.79. The summed E-state index contributed by atoms with van der Waals surface area (Å²) < 4.78 is 11.1. The maximum absolute atomic E-state index is 12.2. The molecule has 0 radical (unpaired) electrons. The lowest BCUT2D eigenvalue weighted by Gasteiger charge is -2.35. The predicted molar refractivity (Wildman–Crippen MR) is 136 cm³/mol. The number of aliphatic carboxylic acids is 1. The number of hydrogen-bond acceptors (Lipinski definition) is 7. The highest BCUT2D eigenvalue weighted by Crippen LogP contribution is 2.51. The van der Waals surface area contributed by atoms with E-state index in [0.717, 1.165) is 4.91 Å². The summed E-state index contributed by atoms with van der Waals surface area (Å²) in [6.45, 7) is 1.64. The van der Waals surface area contributed by atoms with Gasteiger partial charge in [-0.25, -0.2) is 4.99 Å². The van der Waals surface area contributed by atoms with E-state index in [4.69, 9.17) is 32.7 Å². The zero-order chi connectivity index (χ0) is 22.3. The van der Waals surface area contributed by atoms with Crippen molar-refractivity contribution in [1.82, 2.24) is 4.90 Å². The van der Waals surface area contributed by atoms with Gasteiger partial charge in [0.1, 0.15) is 11.5 Å². The molecule has 2 aliphatic rings. The second-order valence-electron chi connectivity index (χ2n) is 6.76. The van der Waals surface area contributed by atoms with E-state index in [1.807, 2.05) is 0 Å². The van der Waals surface area contributed by atoms with Crippen LogP contribution in [0.25, 0.3) is 4.91 Å². The van der Waals surface area contributed by atoms with Crippen molar-refractivity contribution in [3.8, 4) is 11.5 Å². The van der Waals surface area contributed by atoms with Gasteiger partial charge < -0.3 is 24.3 Å². The smallest absolute Gasteiger partial charge is 0.173 e. The summed E-state index contributed by atoms with van der Waals surface area (Å²) >= 11 is 14.2. The molecule has 1 atom stereocenters. The quantitative estimate of drug-likeness (QED) is 0.502. The van der Waals surface area contributed by atoms with Crippen molar-refractivity contribution in [2.75, 3.05) is 14.2 Å². The summed E-state index contributed by atoms with van der Waals surface area (Å²) in [5.41, 5.74) is 1.58. The minimum Gasteiger partial charge on any atom is -0.545 e. The van der Waals surface area contributed by atoms with Gasteiger partial charge in [-0.2, -0.15) is 0 Å². The summed E-state index contributed by atoms with van der Waals surface area (Å²) in [4.78, 5) is 19.2. The van der Waals surface area contributed by atoms with E-state index < -0.39 is 12.0 Å². The Kier molecular flexibility index (Phi) is 9.01. The number of ether oxygens (including phenoxy) is 2. The summed E-state index contributed by atoms with van der Waals surface area (Å²) in [6, 6.07) is 9.77. The number of halogens is 4. The molecule has 2 aromatic rings. The van der Waals surface area contributed by atoms with Crippen molar-refractivity contribution in [2.45, 2.75) is 13.0 Å². The van der Waals surface area contributed by atoms with Crippen LogP contribution in [0.1, 0.15) is 24.1 Å². The van der Waals surface area contributed by atoms with E-state index in [-0.39, 0.29) is 30.4 Å². The molecule has 33 heavy (non-hydrogen) atoms. The number of hydrogen-bond donors (Lipinski definition) is 0. The van der Waals surface area contributed by atoms with Crippen molar-refractivity contribution < 1.29 is 19.4 Å². The van der Waals surface area contributed by atoms with E-state index in [2.05, 4.69) is 4.99 Å². The van der Waals surface area contributed by atoms with Gasteiger partial charge >= 0.3 is 0 Å². The van der Waals surface area contributed by atoms with Gasteiger partial charge in [0.05, 0.1) is 41.8 Å². The number of carbonyl (C=O) groups is 1. The fourth-order valence-electron chi connectivity index (χ4n) is 3.71. The first-order valence-electron chi connectivity index (χ1n) is 9.21. The molecule has 4 rings (SSSR count). The number of aliphatic imine (C=N–C) groups is 1. The minimum atomic E-state index is -1.32. The molecule has 0 N–H and O–H groups in total. The molecule has 1 unspecified atom stereocenters. The molecular weight excluding hydrogens is 530 g/mol. The average molecular weight is 549 g/mol. The number of thioether (sulfide) groups is 1. The number of carboxylic acid groups (broad SMARTS) is 1. The van der Waals surface area contributed by atoms with Gasteiger partial charge in [0.15, 0.2) is 5.17 Å². The number of fused-ring (bicyclic) bond motifs is 1. The fourth-order valence-corrected chi connectivity index (χ4v) is 5.55. The molecule has 176 valence electrons. The van der Waals surface area contributed by atoms with E-state index in [1.165, 1.54) is 26.0 Å². The molecule has 0 amide bonds. The number of carbonyl (C=O) groups excluding carboxylic acids is 1. The highest BCUT2D eigenvalue weighted by molar-refractivity contribution is 8.22. The third-order valence-corrected chi connectivity index (χ3v) is 6.70. The normalized spacial score (nSPS) is 16.8. The fraction of sp³-hybridized carbons (Fsp3) is 0.182. The number of amidine groups is 1. The number of allylic oxidation sites excluding steroid dienone is 1. The number of rotatable bonds is 5. The van der Waals surface area contributed by atoms with Crippen LogP contribution >= 0.6 is 59.8 Å². The van der Waals surface area contributed by atoms with Crippen LogP contribution in [-0.2, 0) is 4.79 Å². The Balaban J connectivity index is 0.00000193. The van der Waals surface area contributed by atoms with Crippen LogP contribution in [0.4, 0.5) is 0 Å². The number of nitrogens with zero attached hydrogens (tertiary/aromatic N) is 2. The average Bonchev–Trinajstić information content (AvgIpc) is 3.14. The SMILES string of the molecule is COc1cccc(OC)c1C1C(C(=O)[O-])=C(C)N=C2SC(c3c(Cl)cccc3Cl)=CN21.Cl.Cl. The second kappa shape index (κ2) is 10.9. The molecule has 2 aliphatic heterocycles. The van der Waals surface area contributed by atoms with Crippen LogP contribution in [0.5, 0.6) is 11.5 Å². The molecule has 2 aromatic carbocycles. The topological polar surface area (TPSA) is 74.2 Å². The molecule has 0 saturated carbocycles. The van der Waals surface area contributed by atoms with Crippen LogP contribution in [0.3, 0.4) is 0 Å². The maximum Gasteiger partial charge on any atom is 0.173 e. The largest absolute Gasteiger partial charge is 0.545 e. The Labute approximate surface area is 218 Å². The maximum atomic E-state index is 12.2. The monoisotopic (exact) mass is 547 g/mol. The lowest BCUT2D eigenvalue weighted by atomic mass is 9.93. The van der Waals surface area contributed by atoms with Crippen LogP contribution in [0, 0.1) is 0 Å². The van der Waals surface area contributed by atoms with Gasteiger partial charge in [-0.15, -0.1) is 24.8 Å². The molecule has 0 bridgehead atoms. The van der Waals surface area contributed by atoms with Gasteiger partial charge in [-0.05, 0) is 43.0 Å². The van der Waals surface area contributed by atoms with Gasteiger partial charge in [0, 0.05) is 27.9 Å². The zero-order valence-corrected chi connectivity index (χ0v) is 21.6. The second-order valence-corrected chi connectivity index (χ2v) is 8.58. The molecule has 0 aromatic heterocycles. The van der Waals surface area contributed by atoms with Crippen LogP contribution in [0.15, 0.2) is 58.9 Å². The molecule has 2 heterocycles. The Bertz CT molecular complexity index is 1140. The Morgan fingerprint density at radius 3 is 2.12 bits per heavy atom. The summed E-state index contributed by atoms with van der Waals surface area (Å²) in [5.74, 6) is -0.347. The number of carboxylic acids is 1. The van der Waals surface area contributed by atoms with Gasteiger partial charge in [-0.3, -0.25) is 0 Å². The van der Waals surface area contributed by atoms with Crippen LogP contribution in [0.2, 0.25) is 10.0 Å². The zero-order valence-electron chi connectivity index (χ0n) is 17.6. The summed E-state index contributed by atoms with van der Waals surface area (Å²) in [5, 5.41) is 13.7.